The van der Waals surface area contributed by atoms with Crippen LogP contribution in [-0.4, -0.2) is 16.8 Å². The molecule has 5 heteroatoms. The van der Waals surface area contributed by atoms with Gasteiger partial charge in [-0.3, -0.25) is 0 Å². The molecule has 0 bridgehead atoms. The van der Waals surface area contributed by atoms with Crippen molar-refractivity contribution in [3.63, 3.8) is 0 Å². The zero-order valence-corrected chi connectivity index (χ0v) is 12.3. The van der Waals surface area contributed by atoms with E-state index in [4.69, 9.17) is 4.74 Å². The summed E-state index contributed by atoms with van der Waals surface area (Å²) in [6.45, 7) is 7.53. The van der Waals surface area contributed by atoms with Gasteiger partial charge in [-0.1, -0.05) is 12.1 Å². The summed E-state index contributed by atoms with van der Waals surface area (Å²) in [6, 6.07) is 8.43. The van der Waals surface area contributed by atoms with Gasteiger partial charge in [-0.2, -0.15) is 0 Å². The van der Waals surface area contributed by atoms with E-state index in [1.165, 1.54) is 5.56 Å². The largest absolute Gasteiger partial charge is 0.494 e. The lowest BCUT2D eigenvalue weighted by atomic mass is 10.1. The summed E-state index contributed by atoms with van der Waals surface area (Å²) in [6.07, 6.45) is 0. The Morgan fingerprint density at radius 2 is 2.21 bits per heavy atom. The van der Waals surface area contributed by atoms with Gasteiger partial charge in [0.05, 0.1) is 13.2 Å². The minimum Gasteiger partial charge on any atom is -0.494 e. The number of rotatable bonds is 6. The van der Waals surface area contributed by atoms with E-state index in [-0.39, 0.29) is 6.04 Å². The second kappa shape index (κ2) is 6.63. The fourth-order valence-corrected chi connectivity index (χ4v) is 2.47. The van der Waals surface area contributed by atoms with Crippen LogP contribution in [0.5, 0.6) is 5.75 Å². The Bertz CT molecular complexity index is 527. The molecular weight excluding hydrogens is 258 g/mol. The van der Waals surface area contributed by atoms with Crippen LogP contribution in [0.25, 0.3) is 0 Å². The number of hydrogen-bond acceptors (Lipinski definition) is 5. The number of aromatic nitrogens is 2. The molecular formula is C14H19N3OS. The van der Waals surface area contributed by atoms with Gasteiger partial charge in [0, 0.05) is 6.04 Å². The average molecular weight is 277 g/mol. The minimum atomic E-state index is 0.254. The van der Waals surface area contributed by atoms with E-state index in [1.807, 2.05) is 26.0 Å². The predicted molar refractivity (Wildman–Crippen MR) is 77.5 cm³/mol. The third kappa shape index (κ3) is 4.01. The van der Waals surface area contributed by atoms with Crippen LogP contribution in [0.1, 0.15) is 35.5 Å². The van der Waals surface area contributed by atoms with Crippen molar-refractivity contribution in [3.05, 3.63) is 39.8 Å². The van der Waals surface area contributed by atoms with E-state index in [2.05, 4.69) is 34.6 Å². The first kappa shape index (κ1) is 14.0. The number of hydrogen-bond donors (Lipinski definition) is 1. The standard InChI is InChI=1S/C14H19N3OS/c1-4-18-13-7-5-6-12(8-13)10(2)15-9-14-17-16-11(3)19-14/h5-8,10,15H,4,9H2,1-3H3/t10-/m0/s1. The van der Waals surface area contributed by atoms with Crippen LogP contribution in [-0.2, 0) is 6.54 Å². The molecule has 1 aromatic carbocycles. The molecule has 2 rings (SSSR count). The molecule has 1 heterocycles. The van der Waals surface area contributed by atoms with Crippen molar-refractivity contribution in [1.29, 1.82) is 0 Å². The van der Waals surface area contributed by atoms with Gasteiger partial charge in [0.2, 0.25) is 0 Å². The third-order valence-corrected chi connectivity index (χ3v) is 3.64. The molecule has 0 aliphatic carbocycles. The molecule has 0 spiro atoms. The Balaban J connectivity index is 1.95. The van der Waals surface area contributed by atoms with Crippen molar-refractivity contribution in [2.24, 2.45) is 0 Å². The van der Waals surface area contributed by atoms with Gasteiger partial charge >= 0.3 is 0 Å². The summed E-state index contributed by atoms with van der Waals surface area (Å²) < 4.78 is 5.51. The molecule has 4 nitrogen and oxygen atoms in total. The fraction of sp³-hybridized carbons (Fsp3) is 0.429. The summed E-state index contributed by atoms with van der Waals surface area (Å²) in [7, 11) is 0. The molecule has 0 radical (unpaired) electrons. The van der Waals surface area contributed by atoms with Gasteiger partial charge in [0.25, 0.3) is 0 Å². The van der Waals surface area contributed by atoms with Gasteiger partial charge in [-0.05, 0) is 38.5 Å². The zero-order chi connectivity index (χ0) is 13.7. The highest BCUT2D eigenvalue weighted by atomic mass is 32.1. The van der Waals surface area contributed by atoms with Crippen LogP contribution >= 0.6 is 11.3 Å². The molecule has 0 aliphatic rings. The van der Waals surface area contributed by atoms with Crippen LogP contribution in [0.2, 0.25) is 0 Å². The van der Waals surface area contributed by atoms with E-state index in [9.17, 15) is 0 Å². The zero-order valence-electron chi connectivity index (χ0n) is 11.5. The minimum absolute atomic E-state index is 0.254. The van der Waals surface area contributed by atoms with Crippen LogP contribution < -0.4 is 10.1 Å². The summed E-state index contributed by atoms with van der Waals surface area (Å²) in [5, 5.41) is 13.6. The van der Waals surface area contributed by atoms with Gasteiger partial charge in [-0.25, -0.2) is 0 Å². The molecule has 0 fully saturated rings. The summed E-state index contributed by atoms with van der Waals surface area (Å²) in [5.41, 5.74) is 1.21. The van der Waals surface area contributed by atoms with Crippen molar-refractivity contribution in [1.82, 2.24) is 15.5 Å². The van der Waals surface area contributed by atoms with Crippen LogP contribution in [0.4, 0.5) is 0 Å². The maximum atomic E-state index is 5.51. The van der Waals surface area contributed by atoms with Crippen molar-refractivity contribution in [3.8, 4) is 5.75 Å². The summed E-state index contributed by atoms with van der Waals surface area (Å²) >= 11 is 1.63. The van der Waals surface area contributed by atoms with Crippen molar-refractivity contribution < 1.29 is 4.74 Å². The first-order valence-electron chi connectivity index (χ1n) is 6.44. The van der Waals surface area contributed by atoms with Crippen molar-refractivity contribution in [2.75, 3.05) is 6.61 Å². The summed E-state index contributed by atoms with van der Waals surface area (Å²) in [5.74, 6) is 0.917. The SMILES string of the molecule is CCOc1cccc([C@H](C)NCc2nnc(C)s2)c1. The molecule has 1 N–H and O–H groups in total. The monoisotopic (exact) mass is 277 g/mol. The van der Waals surface area contributed by atoms with E-state index >= 15 is 0 Å². The van der Waals surface area contributed by atoms with Gasteiger partial charge in [-0.15, -0.1) is 21.5 Å². The number of aryl methyl sites for hydroxylation is 1. The van der Waals surface area contributed by atoms with E-state index in [0.29, 0.717) is 6.61 Å². The average Bonchev–Trinajstić information content (AvgIpc) is 2.82. The van der Waals surface area contributed by atoms with E-state index < -0.39 is 0 Å². The molecule has 0 amide bonds. The fourth-order valence-electron chi connectivity index (χ4n) is 1.81. The first-order chi connectivity index (χ1) is 9.19. The lowest BCUT2D eigenvalue weighted by Crippen LogP contribution is -2.18. The van der Waals surface area contributed by atoms with Gasteiger partial charge in [0.1, 0.15) is 15.8 Å². The second-order valence-electron chi connectivity index (χ2n) is 4.32. The molecule has 102 valence electrons. The molecule has 0 saturated carbocycles. The van der Waals surface area contributed by atoms with Gasteiger partial charge < -0.3 is 10.1 Å². The molecule has 2 aromatic rings. The van der Waals surface area contributed by atoms with E-state index in [1.54, 1.807) is 11.3 Å². The normalized spacial score (nSPS) is 12.4. The van der Waals surface area contributed by atoms with Crippen molar-refractivity contribution in [2.45, 2.75) is 33.4 Å². The molecule has 1 aromatic heterocycles. The Morgan fingerprint density at radius 3 is 2.89 bits per heavy atom. The van der Waals surface area contributed by atoms with Crippen LogP contribution in [0.15, 0.2) is 24.3 Å². The lowest BCUT2D eigenvalue weighted by Gasteiger charge is -2.14. The molecule has 0 saturated heterocycles. The second-order valence-corrected chi connectivity index (χ2v) is 5.59. The Labute approximate surface area is 117 Å². The molecule has 19 heavy (non-hydrogen) atoms. The topological polar surface area (TPSA) is 47.0 Å². The first-order valence-corrected chi connectivity index (χ1v) is 7.26. The molecule has 1 atom stereocenters. The van der Waals surface area contributed by atoms with Crippen LogP contribution in [0.3, 0.4) is 0 Å². The van der Waals surface area contributed by atoms with Crippen LogP contribution in [0, 0.1) is 6.92 Å². The predicted octanol–water partition coefficient (Wildman–Crippen LogP) is 3.10. The smallest absolute Gasteiger partial charge is 0.131 e. The highest BCUT2D eigenvalue weighted by Crippen LogP contribution is 2.19. The number of nitrogens with zero attached hydrogens (tertiary/aromatic N) is 2. The van der Waals surface area contributed by atoms with E-state index in [0.717, 1.165) is 22.3 Å². The number of ether oxygens (including phenoxy) is 1. The molecule has 0 aliphatic heterocycles. The highest BCUT2D eigenvalue weighted by molar-refractivity contribution is 7.11. The third-order valence-electron chi connectivity index (χ3n) is 2.80. The van der Waals surface area contributed by atoms with Crippen molar-refractivity contribution >= 4 is 11.3 Å². The Morgan fingerprint density at radius 1 is 1.37 bits per heavy atom. The quantitative estimate of drug-likeness (QED) is 0.881. The Kier molecular flexibility index (Phi) is 4.87. The highest BCUT2D eigenvalue weighted by Gasteiger charge is 2.07. The number of nitrogens with one attached hydrogen (secondary N) is 1. The Hall–Kier alpha value is -1.46. The molecule has 0 unspecified atom stereocenters. The number of benzene rings is 1. The maximum absolute atomic E-state index is 5.51. The van der Waals surface area contributed by atoms with Gasteiger partial charge in [0.15, 0.2) is 0 Å². The summed E-state index contributed by atoms with van der Waals surface area (Å²) in [4.78, 5) is 0. The maximum Gasteiger partial charge on any atom is 0.131 e. The lowest BCUT2D eigenvalue weighted by molar-refractivity contribution is 0.339.